The summed E-state index contributed by atoms with van der Waals surface area (Å²) >= 11 is -2.08. The molecule has 1 aromatic rings. The molecule has 0 saturated carbocycles. The van der Waals surface area contributed by atoms with Crippen LogP contribution in [0.4, 0.5) is 5.69 Å². The van der Waals surface area contributed by atoms with Crippen molar-refractivity contribution in [2.75, 3.05) is 24.3 Å². The Morgan fingerprint density at radius 3 is 2.35 bits per heavy atom. The zero-order valence-electron chi connectivity index (χ0n) is 19.8. The van der Waals surface area contributed by atoms with Gasteiger partial charge in [-0.25, -0.2) is 0 Å². The molecule has 192 valence electrons. The van der Waals surface area contributed by atoms with Crippen molar-refractivity contribution >= 4 is 24.1 Å². The number of benzene rings is 1. The summed E-state index contributed by atoms with van der Waals surface area (Å²) in [4.78, 5) is 4.25. The number of hydrogen-bond donors (Lipinski definition) is 2. The summed E-state index contributed by atoms with van der Waals surface area (Å²) in [5, 5.41) is 27.4. The van der Waals surface area contributed by atoms with Crippen molar-refractivity contribution in [3.8, 4) is 0 Å². The quantitative estimate of drug-likeness (QED) is 0.149. The molecule has 34 heavy (non-hydrogen) atoms. The van der Waals surface area contributed by atoms with E-state index in [1.165, 1.54) is 4.90 Å². The van der Waals surface area contributed by atoms with E-state index in [-0.39, 0.29) is 18.2 Å². The third-order valence-electron chi connectivity index (χ3n) is 6.71. The summed E-state index contributed by atoms with van der Waals surface area (Å²) in [5.41, 5.74) is 5.94. The fourth-order valence-corrected chi connectivity index (χ4v) is 5.67. The number of rotatable bonds is 6. The second-order valence-electron chi connectivity index (χ2n) is 9.81. The molecule has 2 heterocycles. The van der Waals surface area contributed by atoms with Gasteiger partial charge < -0.3 is 19.5 Å². The molecule has 0 bridgehead atoms. The standard InChI is InChI=1S/C19H30N4O6SSi.2O.Os/c1-17(2,3)31(5,6)28-12-18(24)13-9-7-8-10-14(13)23-11-15(29-30(4,26)27)16(21-22-20)19(18,23)25;;;/h7-10,15-16,24-25H,11-12H2,1-6H3;;;/t15-,16+,18+,19+;;;/m1.../s1. The van der Waals surface area contributed by atoms with Crippen LogP contribution in [0.3, 0.4) is 0 Å². The Kier molecular flexibility index (Phi) is 8.40. The normalized spacial score (nSPS) is 28.4. The van der Waals surface area contributed by atoms with E-state index in [9.17, 15) is 18.6 Å². The Balaban J connectivity index is 0.00000129. The summed E-state index contributed by atoms with van der Waals surface area (Å²) in [7, 11) is -6.25. The van der Waals surface area contributed by atoms with Gasteiger partial charge in [0.1, 0.15) is 12.1 Å². The summed E-state index contributed by atoms with van der Waals surface area (Å²) in [6.45, 7) is 9.87. The molecular formula is C19H30N4O8OsSSi. The first kappa shape index (κ1) is 28.8. The fraction of sp³-hybridized carbons (Fsp3) is 0.684. The number of hydrogen-bond acceptors (Lipinski definition) is 10. The van der Waals surface area contributed by atoms with Crippen LogP contribution in [0.15, 0.2) is 29.4 Å². The molecule has 1 fully saturated rings. The van der Waals surface area contributed by atoms with E-state index in [0.717, 1.165) is 6.26 Å². The van der Waals surface area contributed by atoms with Crippen molar-refractivity contribution in [2.24, 2.45) is 5.11 Å². The van der Waals surface area contributed by atoms with Crippen LogP contribution in [0, 0.1) is 0 Å². The Hall–Kier alpha value is -1.43. The van der Waals surface area contributed by atoms with E-state index in [1.807, 2.05) is 13.1 Å². The van der Waals surface area contributed by atoms with E-state index < -0.39 is 59.2 Å². The summed E-state index contributed by atoms with van der Waals surface area (Å²) in [6.07, 6.45) is -0.294. The van der Waals surface area contributed by atoms with Crippen LogP contribution in [-0.2, 0) is 48.7 Å². The van der Waals surface area contributed by atoms with Crippen molar-refractivity contribution in [3.05, 3.63) is 40.3 Å². The van der Waals surface area contributed by atoms with Crippen LogP contribution in [-0.4, -0.2) is 64.2 Å². The van der Waals surface area contributed by atoms with Crippen LogP contribution >= 0.6 is 0 Å². The SMILES string of the molecule is CC(C)(C)[Si](C)(C)OC[C@]1(O)c2ccccc2N2C[C@@H](OS(C)(=O)=O)[C@H](N=[N+]=[N-])[C@@]21O.[O]=[Os]=[O]. The van der Waals surface area contributed by atoms with E-state index in [0.29, 0.717) is 11.3 Å². The molecule has 2 aliphatic rings. The van der Waals surface area contributed by atoms with Gasteiger partial charge in [0.15, 0.2) is 19.6 Å². The fourth-order valence-electron chi connectivity index (χ4n) is 4.05. The Labute approximate surface area is 207 Å². The molecule has 0 unspecified atom stereocenters. The van der Waals surface area contributed by atoms with Gasteiger partial charge in [0.2, 0.25) is 0 Å². The average molecular weight is 693 g/mol. The Morgan fingerprint density at radius 2 is 1.85 bits per heavy atom. The van der Waals surface area contributed by atoms with Crippen molar-refractivity contribution < 1.29 is 51.6 Å². The maximum absolute atomic E-state index is 11.9. The number of azide groups is 1. The molecule has 0 aromatic heterocycles. The first-order valence-electron chi connectivity index (χ1n) is 10.3. The van der Waals surface area contributed by atoms with Crippen molar-refractivity contribution in [1.82, 2.24) is 0 Å². The average Bonchev–Trinajstić information content (AvgIpc) is 3.07. The van der Waals surface area contributed by atoms with Gasteiger partial charge in [-0.15, -0.1) is 0 Å². The van der Waals surface area contributed by atoms with Crippen LogP contribution in [0.1, 0.15) is 26.3 Å². The minimum absolute atomic E-state index is 0.0906. The number of para-hydroxylation sites is 1. The molecule has 0 radical (unpaired) electrons. The second-order valence-corrected chi connectivity index (χ2v) is 16.6. The zero-order valence-corrected chi connectivity index (χ0v) is 24.1. The van der Waals surface area contributed by atoms with Crippen molar-refractivity contribution in [2.45, 2.75) is 62.4 Å². The molecule has 0 aliphatic carbocycles. The summed E-state index contributed by atoms with van der Waals surface area (Å²) in [6, 6.07) is 5.47. The third kappa shape index (κ3) is 5.08. The molecule has 2 aliphatic heterocycles. The van der Waals surface area contributed by atoms with Gasteiger partial charge in [0.05, 0.1) is 12.9 Å². The summed E-state index contributed by atoms with van der Waals surface area (Å²) in [5.74, 6) is 0. The third-order valence-corrected chi connectivity index (χ3v) is 11.8. The van der Waals surface area contributed by atoms with Crippen molar-refractivity contribution in [1.29, 1.82) is 0 Å². The molecule has 4 atom stereocenters. The van der Waals surface area contributed by atoms with Gasteiger partial charge in [-0.1, -0.05) is 44.1 Å². The number of nitrogens with zero attached hydrogens (tertiary/aromatic N) is 4. The first-order valence-corrected chi connectivity index (χ1v) is 17.1. The van der Waals surface area contributed by atoms with Gasteiger partial charge >= 0.3 is 24.4 Å². The predicted molar refractivity (Wildman–Crippen MR) is 120 cm³/mol. The van der Waals surface area contributed by atoms with Gasteiger partial charge in [-0.2, -0.15) is 8.42 Å². The van der Waals surface area contributed by atoms with E-state index >= 15 is 0 Å². The molecule has 3 rings (SSSR count). The number of fused-ring (bicyclic) bond motifs is 3. The Morgan fingerprint density at radius 1 is 1.29 bits per heavy atom. The van der Waals surface area contributed by atoms with Crippen LogP contribution in [0.25, 0.3) is 10.4 Å². The maximum atomic E-state index is 11.9. The molecular weight excluding hydrogens is 663 g/mol. The van der Waals surface area contributed by atoms with E-state index in [2.05, 4.69) is 30.8 Å². The molecule has 15 heteroatoms. The van der Waals surface area contributed by atoms with E-state index in [4.69, 9.17) is 21.2 Å². The first-order chi connectivity index (χ1) is 15.5. The van der Waals surface area contributed by atoms with Gasteiger partial charge in [-0.3, -0.25) is 4.18 Å². The number of aliphatic hydroxyl groups is 2. The number of anilines is 1. The molecule has 1 saturated heterocycles. The summed E-state index contributed by atoms with van der Waals surface area (Å²) < 4.78 is 52.0. The van der Waals surface area contributed by atoms with E-state index in [1.54, 1.807) is 24.3 Å². The van der Waals surface area contributed by atoms with Crippen LogP contribution in [0.2, 0.25) is 18.1 Å². The van der Waals surface area contributed by atoms with Gasteiger partial charge in [-0.05, 0) is 29.7 Å². The van der Waals surface area contributed by atoms with Crippen LogP contribution < -0.4 is 4.90 Å². The molecule has 0 amide bonds. The zero-order chi connectivity index (χ0) is 26.2. The van der Waals surface area contributed by atoms with Crippen molar-refractivity contribution in [3.63, 3.8) is 0 Å². The van der Waals surface area contributed by atoms with Crippen LogP contribution in [0.5, 0.6) is 0 Å². The van der Waals surface area contributed by atoms with Gasteiger partial charge in [0.25, 0.3) is 10.1 Å². The minimum atomic E-state index is -3.91. The van der Waals surface area contributed by atoms with Gasteiger partial charge in [0, 0.05) is 22.7 Å². The molecule has 12 nitrogen and oxygen atoms in total. The second kappa shape index (κ2) is 9.91. The predicted octanol–water partition coefficient (Wildman–Crippen LogP) is 2.20. The molecule has 2 N–H and O–H groups in total. The molecule has 0 spiro atoms. The molecule has 1 aromatic carbocycles. The monoisotopic (exact) mass is 694 g/mol. The Bertz CT molecular complexity index is 1120. The topological polar surface area (TPSA) is 179 Å².